The summed E-state index contributed by atoms with van der Waals surface area (Å²) in [6.07, 6.45) is 13.9. The highest BCUT2D eigenvalue weighted by Crippen LogP contribution is 2.32. The highest BCUT2D eigenvalue weighted by Gasteiger charge is 2.29. The van der Waals surface area contributed by atoms with Crippen LogP contribution in [0.4, 0.5) is 13.2 Å². The molecule has 3 fully saturated rings. The molecule has 9 aromatic rings. The van der Waals surface area contributed by atoms with Gasteiger partial charge in [0.15, 0.2) is 0 Å². The number of amides is 3. The Labute approximate surface area is 517 Å². The van der Waals surface area contributed by atoms with E-state index in [1.54, 1.807) is 65.7 Å². The first-order valence-electron chi connectivity index (χ1n) is 28.9. The molecule has 0 aliphatic carbocycles. The highest BCUT2D eigenvalue weighted by molar-refractivity contribution is 6.45. The molecule has 6 heterocycles. The molecule has 0 unspecified atom stereocenters. The maximum atomic E-state index is 13.3. The van der Waals surface area contributed by atoms with Crippen LogP contribution >= 0.6 is 34.8 Å². The number of aromatic nitrogens is 3. The number of carboxylic acid groups (broad SMARTS) is 1. The number of likely N-dealkylation sites (N-methyl/N-ethyl adjacent to an activating group) is 1. The van der Waals surface area contributed by atoms with Crippen molar-refractivity contribution >= 4 is 97.0 Å². The number of rotatable bonds is 11. The number of aromatic amines is 2. The minimum atomic E-state index is -1.01. The van der Waals surface area contributed by atoms with Gasteiger partial charge in [0.2, 0.25) is 0 Å². The summed E-state index contributed by atoms with van der Waals surface area (Å²) in [7, 11) is 2.99. The molecule has 3 aromatic heterocycles. The molecule has 6 aromatic carbocycles. The number of hydrogen-bond acceptors (Lipinski definition) is 7. The topological polar surface area (TPSA) is 190 Å². The van der Waals surface area contributed by atoms with Gasteiger partial charge in [0.25, 0.3) is 23.5 Å². The van der Waals surface area contributed by atoms with Gasteiger partial charge in [-0.1, -0.05) is 71.2 Å². The minimum Gasteiger partial charge on any atom is -0.478 e. The minimum absolute atomic E-state index is 0.00154. The van der Waals surface area contributed by atoms with Crippen LogP contribution in [0.3, 0.4) is 0 Å². The molecule has 454 valence electrons. The summed E-state index contributed by atoms with van der Waals surface area (Å²) in [5.74, 6) is 4.46. The fourth-order valence-electron chi connectivity index (χ4n) is 11.4. The van der Waals surface area contributed by atoms with Crippen molar-refractivity contribution in [2.24, 2.45) is 17.8 Å². The molecular weight excluding hydrogens is 1180 g/mol. The first-order valence-corrected chi connectivity index (χ1v) is 30.1. The number of nitrogens with one attached hydrogen (secondary N) is 3. The van der Waals surface area contributed by atoms with Gasteiger partial charge >= 0.3 is 5.97 Å². The molecule has 0 saturated carbocycles. The number of ketones is 1. The molecule has 12 rings (SSSR count). The molecule has 3 saturated heterocycles. The summed E-state index contributed by atoms with van der Waals surface area (Å²) >= 11 is 18.5. The Hall–Kier alpha value is -8.09. The Balaban J connectivity index is 0.000000149. The zero-order valence-corrected chi connectivity index (χ0v) is 50.5. The Morgan fingerprint density at radius 3 is 1.36 bits per heavy atom. The van der Waals surface area contributed by atoms with Crippen molar-refractivity contribution in [1.29, 1.82) is 0 Å². The lowest BCUT2D eigenvalue weighted by Gasteiger charge is -2.32. The van der Waals surface area contributed by atoms with Crippen molar-refractivity contribution in [2.45, 2.75) is 57.8 Å². The number of carboxylic acids is 1. The van der Waals surface area contributed by atoms with Gasteiger partial charge in [0.05, 0.1) is 42.8 Å². The predicted octanol–water partition coefficient (Wildman–Crippen LogP) is 13.5. The van der Waals surface area contributed by atoms with Gasteiger partial charge in [0, 0.05) is 86.1 Å². The number of piperidine rings is 3. The van der Waals surface area contributed by atoms with Crippen molar-refractivity contribution < 1.29 is 42.3 Å². The standard InChI is InChI=1S/C25H26ClFN4O3.C21H20ClFN2O.C12H16FN.C9H6ClNO2/c1-29(2)25(34)23(32)20-14-31(28)22-13-21(26)19(12-18(20)22)24(33)30-9-7-16(8-10-30)11-15-3-5-17(27)6-4-15;22-19-13-20-16(5-8-24-20)12-18(19)21(26)25-9-6-15(7-10-25)11-14-1-3-17(23)4-2-14;13-12-3-1-10(2-4-12)9-11-5-7-14-8-6-11;10-7-4-8-5(1-2-11-8)3-6(7)9(12)13/h3-6,12-14,16H,7-11,28H2,1-2H3;1-5,8,12-13,15,24H,6-7,9-11H2;1-4,11,14H,5-9H2;1-4,11H,(H,12,13). The van der Waals surface area contributed by atoms with Crippen LogP contribution in [0.5, 0.6) is 0 Å². The number of hydrogen-bond donors (Lipinski definition) is 5. The van der Waals surface area contributed by atoms with Gasteiger partial charge in [-0.25, -0.2) is 18.0 Å². The Morgan fingerprint density at radius 2 is 0.931 bits per heavy atom. The van der Waals surface area contributed by atoms with Gasteiger partial charge in [0.1, 0.15) is 17.5 Å². The van der Waals surface area contributed by atoms with Crippen molar-refractivity contribution in [3.8, 4) is 0 Å². The van der Waals surface area contributed by atoms with E-state index >= 15 is 0 Å². The predicted molar refractivity (Wildman–Crippen MR) is 337 cm³/mol. The van der Waals surface area contributed by atoms with Crippen molar-refractivity contribution in [1.82, 2.24) is 34.7 Å². The average Bonchev–Trinajstić information content (AvgIpc) is 2.34. The maximum Gasteiger partial charge on any atom is 0.337 e. The first kappa shape index (κ1) is 63.4. The summed E-state index contributed by atoms with van der Waals surface area (Å²) < 4.78 is 40.0. The second-order valence-electron chi connectivity index (χ2n) is 22.6. The lowest BCUT2D eigenvalue weighted by atomic mass is 9.90. The molecule has 3 amide bonds. The Kier molecular flexibility index (Phi) is 21.2. The summed E-state index contributed by atoms with van der Waals surface area (Å²) in [4.78, 5) is 72.6. The quantitative estimate of drug-likeness (QED) is 0.0480. The number of carbonyl (C=O) groups is 5. The van der Waals surface area contributed by atoms with E-state index in [2.05, 4.69) is 15.3 Å². The number of nitrogens with two attached hydrogens (primary N) is 1. The second kappa shape index (κ2) is 29.1. The fraction of sp³-hybridized carbons (Fsp3) is 0.299. The number of nitrogen functional groups attached to an aromatic ring is 1. The van der Waals surface area contributed by atoms with E-state index in [1.165, 1.54) is 72.5 Å². The Morgan fingerprint density at radius 1 is 0.540 bits per heavy atom. The van der Waals surface area contributed by atoms with E-state index < -0.39 is 17.7 Å². The van der Waals surface area contributed by atoms with Crippen LogP contribution in [0.2, 0.25) is 15.1 Å². The van der Waals surface area contributed by atoms with Crippen molar-refractivity contribution in [3.63, 3.8) is 0 Å². The van der Waals surface area contributed by atoms with Crippen LogP contribution in [-0.2, 0) is 24.1 Å². The fourth-order valence-corrected chi connectivity index (χ4v) is 12.1. The summed E-state index contributed by atoms with van der Waals surface area (Å²) in [5, 5.41) is 15.3. The molecule has 0 bridgehead atoms. The molecule has 0 radical (unpaired) electrons. The smallest absolute Gasteiger partial charge is 0.337 e. The SMILES string of the molecule is CN(C)C(=O)C(=O)c1cn(N)c2cc(Cl)c(C(=O)N3CCC(Cc4ccc(F)cc4)CC3)cc12.Fc1ccc(CC2CCNCC2)cc1.O=C(O)c1cc2cc[nH]c2cc1Cl.O=C(c1cc2cc[nH]c2cc1Cl)N1CCC(Cc2ccc(F)cc2)CC1. The van der Waals surface area contributed by atoms with E-state index in [-0.39, 0.29) is 56.0 Å². The van der Waals surface area contributed by atoms with Crippen LogP contribution in [0, 0.1) is 35.2 Å². The molecule has 20 heteroatoms. The van der Waals surface area contributed by atoms with Crippen LogP contribution in [-0.4, -0.2) is 117 Å². The monoisotopic (exact) mass is 1240 g/mol. The number of fused-ring (bicyclic) bond motifs is 3. The number of carbonyl (C=O) groups excluding carboxylic acids is 4. The molecule has 0 atom stereocenters. The van der Waals surface area contributed by atoms with E-state index in [0.717, 1.165) is 110 Å². The van der Waals surface area contributed by atoms with Crippen LogP contribution in [0.25, 0.3) is 32.7 Å². The number of Topliss-reactive ketones (excluding diaryl/α,β-unsaturated/α-hetero) is 1. The molecule has 6 N–H and O–H groups in total. The van der Waals surface area contributed by atoms with Crippen molar-refractivity contribution in [2.75, 3.05) is 59.2 Å². The summed E-state index contributed by atoms with van der Waals surface area (Å²) in [6, 6.07) is 33.8. The molecule has 3 aliphatic rings. The average molecular weight is 1240 g/mol. The number of likely N-dealkylation sites (tertiary alicyclic amines) is 2. The number of halogens is 6. The number of H-pyrrole nitrogens is 2. The largest absolute Gasteiger partial charge is 0.478 e. The second-order valence-corrected chi connectivity index (χ2v) is 23.8. The normalized spacial score (nSPS) is 14.8. The van der Waals surface area contributed by atoms with Gasteiger partial charge in [-0.3, -0.25) is 23.9 Å². The third-order valence-corrected chi connectivity index (χ3v) is 17.3. The van der Waals surface area contributed by atoms with E-state index in [9.17, 15) is 37.1 Å². The first-order chi connectivity index (χ1) is 41.8. The number of aromatic carboxylic acids is 1. The number of benzene rings is 6. The molecular formula is C67H68Cl3F3N8O6. The molecule has 3 aliphatic heterocycles. The third kappa shape index (κ3) is 16.3. The van der Waals surface area contributed by atoms with Gasteiger partial charge in [-0.15, -0.1) is 0 Å². The van der Waals surface area contributed by atoms with Gasteiger partial charge in [-0.05, 0) is 190 Å². The van der Waals surface area contributed by atoms with Crippen molar-refractivity contribution in [3.05, 3.63) is 211 Å². The number of nitrogens with zero attached hydrogens (tertiary/aromatic N) is 4. The van der Waals surface area contributed by atoms with E-state index in [1.807, 2.05) is 53.6 Å². The van der Waals surface area contributed by atoms with Crippen LogP contribution < -0.4 is 11.2 Å². The lowest BCUT2D eigenvalue weighted by molar-refractivity contribution is -0.124. The highest BCUT2D eigenvalue weighted by atomic mass is 35.5. The zero-order chi connectivity index (χ0) is 61.9. The molecule has 0 spiro atoms. The summed E-state index contributed by atoms with van der Waals surface area (Å²) in [6.45, 7) is 4.86. The molecule has 87 heavy (non-hydrogen) atoms. The van der Waals surface area contributed by atoms with E-state index in [0.29, 0.717) is 46.4 Å². The van der Waals surface area contributed by atoms with Gasteiger partial charge in [-0.2, -0.15) is 0 Å². The molecule has 14 nitrogen and oxygen atoms in total. The maximum absolute atomic E-state index is 13.3. The zero-order valence-electron chi connectivity index (χ0n) is 48.2. The lowest BCUT2D eigenvalue weighted by Crippen LogP contribution is -2.39. The summed E-state index contributed by atoms with van der Waals surface area (Å²) in [5.41, 5.74) is 6.81. The van der Waals surface area contributed by atoms with Crippen LogP contribution in [0.15, 0.2) is 140 Å². The van der Waals surface area contributed by atoms with E-state index in [4.69, 9.17) is 45.8 Å². The Bertz CT molecular complexity index is 3890. The third-order valence-electron chi connectivity index (χ3n) is 16.3. The van der Waals surface area contributed by atoms with Crippen LogP contribution in [0.1, 0.15) is 96.6 Å². The van der Waals surface area contributed by atoms with Gasteiger partial charge < -0.3 is 40.9 Å².